The Bertz CT molecular complexity index is 228. The van der Waals surface area contributed by atoms with E-state index in [4.69, 9.17) is 0 Å². The van der Waals surface area contributed by atoms with Gasteiger partial charge in [-0.2, -0.15) is 0 Å². The van der Waals surface area contributed by atoms with E-state index in [0.29, 0.717) is 12.8 Å². The van der Waals surface area contributed by atoms with Crippen LogP contribution in [0.2, 0.25) is 0 Å². The van der Waals surface area contributed by atoms with E-state index >= 15 is 0 Å². The Labute approximate surface area is 98.5 Å². The Kier molecular flexibility index (Phi) is 3.73. The molecule has 0 heterocycles. The Morgan fingerprint density at radius 3 is 2.00 bits per heavy atom. The predicted molar refractivity (Wildman–Crippen MR) is 64.0 cm³/mol. The lowest BCUT2D eigenvalue weighted by Crippen LogP contribution is -2.55. The van der Waals surface area contributed by atoms with Crippen LogP contribution in [0.4, 0.5) is 0 Å². The Morgan fingerprint density at radius 1 is 1.12 bits per heavy atom. The molecule has 4 unspecified atom stereocenters. The molecule has 5 atom stereocenters. The summed E-state index contributed by atoms with van der Waals surface area (Å²) in [6.45, 7) is 9.65. The zero-order chi connectivity index (χ0) is 12.7. The monoisotopic (exact) mass is 230 g/mol. The van der Waals surface area contributed by atoms with Crippen LogP contribution in [0.1, 0.15) is 47.5 Å². The molecule has 0 saturated heterocycles. The molecule has 0 aliphatic heterocycles. The average molecular weight is 230 g/mol. The molecule has 3 nitrogen and oxygen atoms in total. The second-order valence-electron chi connectivity index (χ2n) is 6.49. The molecule has 0 aromatic heterocycles. The fourth-order valence-electron chi connectivity index (χ4n) is 3.81. The summed E-state index contributed by atoms with van der Waals surface area (Å²) < 4.78 is 0. The van der Waals surface area contributed by atoms with Gasteiger partial charge in [0.1, 0.15) is 0 Å². The Hall–Kier alpha value is -0.120. The molecule has 0 amide bonds. The first-order valence-corrected chi connectivity index (χ1v) is 6.16. The van der Waals surface area contributed by atoms with Crippen LogP contribution in [0.3, 0.4) is 0 Å². The van der Waals surface area contributed by atoms with Crippen LogP contribution in [0.25, 0.3) is 0 Å². The van der Waals surface area contributed by atoms with Crippen LogP contribution >= 0.6 is 0 Å². The lowest BCUT2D eigenvalue weighted by atomic mass is 9.56. The van der Waals surface area contributed by atoms with Gasteiger partial charge in [0.15, 0.2) is 0 Å². The van der Waals surface area contributed by atoms with Gasteiger partial charge >= 0.3 is 0 Å². The predicted octanol–water partition coefficient (Wildman–Crippen LogP) is 1.55. The number of hydrogen-bond acceptors (Lipinski definition) is 3. The summed E-state index contributed by atoms with van der Waals surface area (Å²) >= 11 is 0. The molecule has 3 heteroatoms. The quantitative estimate of drug-likeness (QED) is 0.674. The number of aliphatic hydroxyl groups is 3. The lowest BCUT2D eigenvalue weighted by Gasteiger charge is -2.52. The van der Waals surface area contributed by atoms with Gasteiger partial charge < -0.3 is 15.3 Å². The largest absolute Gasteiger partial charge is 0.393 e. The smallest absolute Gasteiger partial charge is 0.0681 e. The van der Waals surface area contributed by atoms with Gasteiger partial charge in [-0.05, 0) is 37.5 Å². The van der Waals surface area contributed by atoms with Crippen molar-refractivity contribution >= 4 is 0 Å². The number of hydrogen-bond donors (Lipinski definition) is 3. The van der Waals surface area contributed by atoms with Crippen LogP contribution in [-0.2, 0) is 0 Å². The van der Waals surface area contributed by atoms with E-state index in [2.05, 4.69) is 13.8 Å². The standard InChI is InChI=1S/C13H26O3/c1-8(9(2)14)11-12(3,4)6-10(15)7-13(11,5)16/h8-11,14-16H,6-7H2,1-5H3/t8-,9?,10?,11?,13?/m1/s1. The van der Waals surface area contributed by atoms with Crippen molar-refractivity contribution in [2.75, 3.05) is 0 Å². The molecule has 3 N–H and O–H groups in total. The average Bonchev–Trinajstić information content (AvgIpc) is 1.96. The van der Waals surface area contributed by atoms with Gasteiger partial charge in [0.2, 0.25) is 0 Å². The molecule has 16 heavy (non-hydrogen) atoms. The minimum Gasteiger partial charge on any atom is -0.393 e. The summed E-state index contributed by atoms with van der Waals surface area (Å²) in [5, 5.41) is 30.0. The van der Waals surface area contributed by atoms with Crippen molar-refractivity contribution in [2.24, 2.45) is 17.3 Å². The minimum absolute atomic E-state index is 0.00315. The molecule has 1 rings (SSSR count). The highest BCUT2D eigenvalue weighted by molar-refractivity contribution is 5.01. The summed E-state index contributed by atoms with van der Waals surface area (Å²) in [5.41, 5.74) is -1.06. The van der Waals surface area contributed by atoms with Crippen molar-refractivity contribution in [1.29, 1.82) is 0 Å². The zero-order valence-corrected chi connectivity index (χ0v) is 11.1. The van der Waals surface area contributed by atoms with E-state index < -0.39 is 17.8 Å². The minimum atomic E-state index is -0.905. The summed E-state index contributed by atoms with van der Waals surface area (Å²) in [6, 6.07) is 0. The van der Waals surface area contributed by atoms with Gasteiger partial charge in [-0.25, -0.2) is 0 Å². The second-order valence-corrected chi connectivity index (χ2v) is 6.49. The molecule has 1 aliphatic rings. The summed E-state index contributed by atoms with van der Waals surface area (Å²) in [7, 11) is 0. The zero-order valence-electron chi connectivity index (χ0n) is 11.1. The van der Waals surface area contributed by atoms with Gasteiger partial charge in [0.05, 0.1) is 17.8 Å². The molecule has 1 saturated carbocycles. The fraction of sp³-hybridized carbons (Fsp3) is 1.00. The van der Waals surface area contributed by atoms with Gasteiger partial charge in [0.25, 0.3) is 0 Å². The van der Waals surface area contributed by atoms with E-state index in [-0.39, 0.29) is 17.3 Å². The highest BCUT2D eigenvalue weighted by atomic mass is 16.3. The molecule has 1 fully saturated rings. The van der Waals surface area contributed by atoms with Gasteiger partial charge in [-0.1, -0.05) is 20.8 Å². The third-order valence-electron chi connectivity index (χ3n) is 4.21. The van der Waals surface area contributed by atoms with E-state index in [1.807, 2.05) is 6.92 Å². The van der Waals surface area contributed by atoms with Gasteiger partial charge in [-0.3, -0.25) is 0 Å². The maximum Gasteiger partial charge on any atom is 0.0681 e. The van der Waals surface area contributed by atoms with Crippen LogP contribution in [-0.4, -0.2) is 33.1 Å². The van der Waals surface area contributed by atoms with E-state index in [0.717, 1.165) is 0 Å². The fourth-order valence-corrected chi connectivity index (χ4v) is 3.81. The molecular weight excluding hydrogens is 204 g/mol. The van der Waals surface area contributed by atoms with Crippen LogP contribution < -0.4 is 0 Å². The van der Waals surface area contributed by atoms with Gasteiger partial charge in [0, 0.05) is 6.42 Å². The van der Waals surface area contributed by atoms with Crippen molar-refractivity contribution in [3.63, 3.8) is 0 Å². The topological polar surface area (TPSA) is 60.7 Å². The molecule has 0 bridgehead atoms. The summed E-state index contributed by atoms with van der Waals surface area (Å²) in [6.07, 6.45) is 0.205. The molecule has 96 valence electrons. The first-order chi connectivity index (χ1) is 7.08. The Balaban J connectivity index is 3.01. The number of aliphatic hydroxyl groups excluding tert-OH is 2. The molecule has 0 radical (unpaired) electrons. The third kappa shape index (κ3) is 2.58. The van der Waals surface area contributed by atoms with Crippen LogP contribution in [0, 0.1) is 17.3 Å². The van der Waals surface area contributed by atoms with Crippen molar-refractivity contribution in [3.8, 4) is 0 Å². The Morgan fingerprint density at radius 2 is 1.62 bits per heavy atom. The molecule has 0 aromatic rings. The van der Waals surface area contributed by atoms with E-state index in [1.54, 1.807) is 13.8 Å². The lowest BCUT2D eigenvalue weighted by molar-refractivity contribution is -0.160. The SMILES string of the molecule is CC(O)[C@@H](C)C1C(C)(C)CC(O)CC1(C)O. The molecule has 0 aromatic carbocycles. The summed E-state index contributed by atoms with van der Waals surface area (Å²) in [5.74, 6) is 0.0286. The molecule has 1 aliphatic carbocycles. The van der Waals surface area contributed by atoms with E-state index in [9.17, 15) is 15.3 Å². The summed E-state index contributed by atoms with van der Waals surface area (Å²) in [4.78, 5) is 0. The number of rotatable bonds is 2. The first kappa shape index (κ1) is 13.9. The maximum absolute atomic E-state index is 10.5. The second kappa shape index (κ2) is 4.28. The maximum atomic E-state index is 10.5. The normalized spacial score (nSPS) is 42.8. The third-order valence-corrected chi connectivity index (χ3v) is 4.21. The molecule has 0 spiro atoms. The van der Waals surface area contributed by atoms with E-state index in [1.165, 1.54) is 0 Å². The van der Waals surface area contributed by atoms with Crippen molar-refractivity contribution in [3.05, 3.63) is 0 Å². The van der Waals surface area contributed by atoms with Crippen molar-refractivity contribution in [1.82, 2.24) is 0 Å². The highest BCUT2D eigenvalue weighted by Gasteiger charge is 2.51. The van der Waals surface area contributed by atoms with Gasteiger partial charge in [-0.15, -0.1) is 0 Å². The van der Waals surface area contributed by atoms with Crippen molar-refractivity contribution in [2.45, 2.75) is 65.3 Å². The highest BCUT2D eigenvalue weighted by Crippen LogP contribution is 2.50. The van der Waals surface area contributed by atoms with Crippen LogP contribution in [0.15, 0.2) is 0 Å². The van der Waals surface area contributed by atoms with Crippen molar-refractivity contribution < 1.29 is 15.3 Å². The molecular formula is C13H26O3. The first-order valence-electron chi connectivity index (χ1n) is 6.16. The van der Waals surface area contributed by atoms with Crippen LogP contribution in [0.5, 0.6) is 0 Å².